The van der Waals surface area contributed by atoms with Gasteiger partial charge in [-0.2, -0.15) is 0 Å². The van der Waals surface area contributed by atoms with Crippen molar-refractivity contribution in [2.24, 2.45) is 5.92 Å². The van der Waals surface area contributed by atoms with E-state index in [2.05, 4.69) is 10.2 Å². The maximum atomic E-state index is 14.5. The van der Waals surface area contributed by atoms with Gasteiger partial charge in [0.25, 0.3) is 5.69 Å². The highest BCUT2D eigenvalue weighted by Gasteiger charge is 2.69. The number of nitro groups is 1. The molecule has 3 aromatic rings. The number of amides is 1. The normalized spacial score (nSPS) is 25.7. The summed E-state index contributed by atoms with van der Waals surface area (Å²) in [5, 5.41) is 14.8. The molecule has 4 atom stereocenters. The van der Waals surface area contributed by atoms with Crippen LogP contribution in [-0.2, 0) is 10.3 Å². The Morgan fingerprint density at radius 1 is 1.16 bits per heavy atom. The number of nitro benzene ring substituents is 1. The summed E-state index contributed by atoms with van der Waals surface area (Å²) < 4.78 is 5.56. The van der Waals surface area contributed by atoms with Gasteiger partial charge in [-0.15, -0.1) is 0 Å². The number of non-ortho nitro benzene ring substituents is 1. The van der Waals surface area contributed by atoms with Crippen LogP contribution in [0.1, 0.15) is 47.2 Å². The number of nitrogens with one attached hydrogen (secondary N) is 1. The number of hydrogen-bond acceptors (Lipinski definition) is 6. The fourth-order valence-corrected chi connectivity index (χ4v) is 6.96. The summed E-state index contributed by atoms with van der Waals surface area (Å²) in [7, 11) is 0. The Hall–Kier alpha value is -3.75. The number of nitrogens with zero attached hydrogens (tertiary/aromatic N) is 2. The van der Waals surface area contributed by atoms with Crippen molar-refractivity contribution in [3.8, 4) is 5.75 Å². The van der Waals surface area contributed by atoms with Crippen LogP contribution in [0.3, 0.4) is 0 Å². The van der Waals surface area contributed by atoms with Crippen LogP contribution in [0.5, 0.6) is 5.75 Å². The molecule has 3 heterocycles. The van der Waals surface area contributed by atoms with Crippen LogP contribution in [-0.4, -0.2) is 40.7 Å². The Balaban J connectivity index is 1.56. The number of ketones is 1. The molecule has 9 heteroatoms. The lowest BCUT2D eigenvalue weighted by molar-refractivity contribution is -0.384. The van der Waals surface area contributed by atoms with Gasteiger partial charge >= 0.3 is 0 Å². The molecule has 8 nitrogen and oxygen atoms in total. The highest BCUT2D eigenvalue weighted by molar-refractivity contribution is 6.31. The first-order valence-electron chi connectivity index (χ1n) is 12.8. The van der Waals surface area contributed by atoms with Gasteiger partial charge in [-0.25, -0.2) is 0 Å². The van der Waals surface area contributed by atoms with Gasteiger partial charge in [0, 0.05) is 45.9 Å². The summed E-state index contributed by atoms with van der Waals surface area (Å²) in [5.41, 5.74) is 1.37. The summed E-state index contributed by atoms with van der Waals surface area (Å²) in [5.74, 6) is -0.863. The Morgan fingerprint density at radius 3 is 2.58 bits per heavy atom. The zero-order valence-electron chi connectivity index (χ0n) is 20.7. The monoisotopic (exact) mass is 531 g/mol. The van der Waals surface area contributed by atoms with Crippen LogP contribution in [0.25, 0.3) is 0 Å². The van der Waals surface area contributed by atoms with Crippen molar-refractivity contribution in [2.45, 2.75) is 37.3 Å². The van der Waals surface area contributed by atoms with Crippen molar-refractivity contribution in [1.29, 1.82) is 0 Å². The van der Waals surface area contributed by atoms with Crippen molar-refractivity contribution in [1.82, 2.24) is 4.90 Å². The predicted octanol–water partition coefficient (Wildman–Crippen LogP) is 5.56. The molecular formula is C29H26ClN3O5. The van der Waals surface area contributed by atoms with E-state index < -0.39 is 16.4 Å². The van der Waals surface area contributed by atoms with Crippen molar-refractivity contribution < 1.29 is 19.2 Å². The fourth-order valence-electron chi connectivity index (χ4n) is 6.79. The SMILES string of the molecule is CCOc1ccc(C(=O)C2C(c3ccc([N+](=O)[O-])cc3)C3CCCN3[C@@]23C(=O)Nc2ccc(Cl)cc23)cc1. The van der Waals surface area contributed by atoms with Gasteiger partial charge in [-0.05, 0) is 74.3 Å². The van der Waals surface area contributed by atoms with E-state index in [0.717, 1.165) is 18.4 Å². The van der Waals surface area contributed by atoms with Crippen molar-refractivity contribution >= 4 is 34.7 Å². The lowest BCUT2D eigenvalue weighted by Crippen LogP contribution is -2.52. The Bertz CT molecular complexity index is 1440. The van der Waals surface area contributed by atoms with Gasteiger partial charge in [0.05, 0.1) is 17.4 Å². The van der Waals surface area contributed by atoms with Crippen LogP contribution >= 0.6 is 11.6 Å². The number of Topliss-reactive ketones (excluding diaryl/α,β-unsaturated/α-hetero) is 1. The quantitative estimate of drug-likeness (QED) is 0.254. The number of carbonyl (C=O) groups is 2. The van der Waals surface area contributed by atoms with Crippen LogP contribution in [0.2, 0.25) is 5.02 Å². The van der Waals surface area contributed by atoms with Gasteiger partial charge in [0.1, 0.15) is 11.3 Å². The second kappa shape index (κ2) is 9.22. The standard InChI is InChI=1S/C29H26ClN3O5/c1-2-38-21-12-7-18(8-13-21)27(34)26-25(17-5-10-20(11-6-17)33(36)37)24-4-3-15-32(24)29(26)22-16-19(30)9-14-23(22)31-28(29)35/h5-14,16,24-26H,2-4,15H2,1H3,(H,31,35)/t24?,25?,26?,29-/m1/s1. The summed E-state index contributed by atoms with van der Waals surface area (Å²) >= 11 is 6.45. The van der Waals surface area contributed by atoms with E-state index in [1.807, 2.05) is 6.92 Å². The molecular weight excluding hydrogens is 506 g/mol. The van der Waals surface area contributed by atoms with Gasteiger partial charge in [-0.1, -0.05) is 23.7 Å². The summed E-state index contributed by atoms with van der Waals surface area (Å²) in [6.45, 7) is 3.06. The van der Waals surface area contributed by atoms with E-state index in [1.54, 1.807) is 54.6 Å². The molecule has 3 aliphatic rings. The number of ether oxygens (including phenoxy) is 1. The molecule has 0 aromatic heterocycles. The third kappa shape index (κ3) is 3.55. The molecule has 2 saturated heterocycles. The predicted molar refractivity (Wildman–Crippen MR) is 143 cm³/mol. The number of carbonyl (C=O) groups excluding carboxylic acids is 2. The van der Waals surface area contributed by atoms with Crippen LogP contribution < -0.4 is 10.1 Å². The third-order valence-electron chi connectivity index (χ3n) is 8.18. The van der Waals surface area contributed by atoms with E-state index in [0.29, 0.717) is 40.7 Å². The van der Waals surface area contributed by atoms with Gasteiger partial charge in [-0.3, -0.25) is 24.6 Å². The van der Waals surface area contributed by atoms with Crippen molar-refractivity contribution in [3.63, 3.8) is 0 Å². The minimum Gasteiger partial charge on any atom is -0.494 e. The molecule has 3 aromatic carbocycles. The first-order chi connectivity index (χ1) is 18.4. The molecule has 0 radical (unpaired) electrons. The van der Waals surface area contributed by atoms with Crippen LogP contribution in [0.4, 0.5) is 11.4 Å². The van der Waals surface area contributed by atoms with E-state index in [9.17, 15) is 19.7 Å². The second-order valence-corrected chi connectivity index (χ2v) is 10.4. The highest BCUT2D eigenvalue weighted by Crippen LogP contribution is 2.61. The minimum atomic E-state index is -1.25. The number of anilines is 1. The molecule has 3 unspecified atom stereocenters. The van der Waals surface area contributed by atoms with Crippen LogP contribution in [0, 0.1) is 16.0 Å². The second-order valence-electron chi connectivity index (χ2n) is 9.99. The highest BCUT2D eigenvalue weighted by atomic mass is 35.5. The maximum absolute atomic E-state index is 14.5. The maximum Gasteiger partial charge on any atom is 0.269 e. The molecule has 6 rings (SSSR count). The Labute approximate surface area is 224 Å². The summed E-state index contributed by atoms with van der Waals surface area (Å²) in [6.07, 6.45) is 1.68. The average Bonchev–Trinajstić information content (AvgIpc) is 3.57. The van der Waals surface area contributed by atoms with Gasteiger partial charge in [0.2, 0.25) is 5.91 Å². The number of halogens is 1. The van der Waals surface area contributed by atoms with E-state index in [-0.39, 0.29) is 29.3 Å². The average molecular weight is 532 g/mol. The van der Waals surface area contributed by atoms with Crippen molar-refractivity contribution in [3.05, 3.63) is 98.6 Å². The molecule has 194 valence electrons. The third-order valence-corrected chi connectivity index (χ3v) is 8.42. The molecule has 0 aliphatic carbocycles. The van der Waals surface area contributed by atoms with E-state index in [1.165, 1.54) is 12.1 Å². The summed E-state index contributed by atoms with van der Waals surface area (Å²) in [4.78, 5) is 41.6. The molecule has 2 fully saturated rings. The lowest BCUT2D eigenvalue weighted by atomic mass is 9.69. The lowest BCUT2D eigenvalue weighted by Gasteiger charge is -2.37. The first kappa shape index (κ1) is 24.6. The van der Waals surface area contributed by atoms with Gasteiger partial charge < -0.3 is 10.1 Å². The topological polar surface area (TPSA) is 102 Å². The molecule has 1 amide bonds. The summed E-state index contributed by atoms with van der Waals surface area (Å²) in [6, 6.07) is 18.6. The number of benzene rings is 3. The molecule has 0 saturated carbocycles. The van der Waals surface area contributed by atoms with E-state index >= 15 is 0 Å². The smallest absolute Gasteiger partial charge is 0.269 e. The molecule has 3 aliphatic heterocycles. The number of rotatable bonds is 6. The largest absolute Gasteiger partial charge is 0.494 e. The minimum absolute atomic E-state index is 0.0186. The zero-order valence-corrected chi connectivity index (χ0v) is 21.5. The Kier molecular flexibility index (Phi) is 5.96. The van der Waals surface area contributed by atoms with E-state index in [4.69, 9.17) is 16.3 Å². The zero-order chi connectivity index (χ0) is 26.6. The molecule has 38 heavy (non-hydrogen) atoms. The Morgan fingerprint density at radius 2 is 1.89 bits per heavy atom. The number of hydrogen-bond donors (Lipinski definition) is 1. The molecule has 1 N–H and O–H groups in total. The molecule has 0 bridgehead atoms. The number of fused-ring (bicyclic) bond motifs is 4. The fraction of sp³-hybridized carbons (Fsp3) is 0.310. The van der Waals surface area contributed by atoms with Crippen molar-refractivity contribution in [2.75, 3.05) is 18.5 Å². The van der Waals surface area contributed by atoms with Crippen LogP contribution in [0.15, 0.2) is 66.7 Å². The van der Waals surface area contributed by atoms with Gasteiger partial charge in [0.15, 0.2) is 5.78 Å². The first-order valence-corrected chi connectivity index (χ1v) is 13.1. The molecule has 1 spiro atoms.